The summed E-state index contributed by atoms with van der Waals surface area (Å²) in [6.45, 7) is 0.316. The topological polar surface area (TPSA) is 86.7 Å². The Morgan fingerprint density at radius 3 is 1.90 bits per heavy atom. The molecular formula is C21H20O6S2. The minimum Gasteiger partial charge on any atom is -0.493 e. The van der Waals surface area contributed by atoms with E-state index in [4.69, 9.17) is 9.47 Å². The molecule has 0 fully saturated rings. The summed E-state index contributed by atoms with van der Waals surface area (Å²) in [4.78, 5) is 0.0668. The molecule has 0 saturated heterocycles. The van der Waals surface area contributed by atoms with E-state index >= 15 is 0 Å². The minimum absolute atomic E-state index is 0.00935. The Hall–Kier alpha value is -2.84. The molecule has 0 aliphatic rings. The van der Waals surface area contributed by atoms with Gasteiger partial charge in [-0.1, -0.05) is 30.3 Å². The van der Waals surface area contributed by atoms with E-state index in [-0.39, 0.29) is 20.4 Å². The Kier molecular flexibility index (Phi) is 5.95. The van der Waals surface area contributed by atoms with Crippen molar-refractivity contribution >= 4 is 19.7 Å². The summed E-state index contributed by atoms with van der Waals surface area (Å²) in [5.41, 5.74) is 0.970. The van der Waals surface area contributed by atoms with Crippen molar-refractivity contribution in [2.45, 2.75) is 21.3 Å². The van der Waals surface area contributed by atoms with Crippen LogP contribution in [0.1, 0.15) is 5.56 Å². The monoisotopic (exact) mass is 432 g/mol. The smallest absolute Gasteiger partial charge is 0.206 e. The van der Waals surface area contributed by atoms with E-state index in [1.165, 1.54) is 43.5 Å². The fraction of sp³-hybridized carbons (Fsp3) is 0.143. The molecule has 29 heavy (non-hydrogen) atoms. The molecule has 6 nitrogen and oxygen atoms in total. The van der Waals surface area contributed by atoms with Gasteiger partial charge in [-0.25, -0.2) is 16.8 Å². The fourth-order valence-electron chi connectivity index (χ4n) is 2.67. The van der Waals surface area contributed by atoms with Crippen LogP contribution in [0.15, 0.2) is 87.5 Å². The third-order valence-electron chi connectivity index (χ3n) is 4.24. The number of sulfone groups is 2. The molecule has 0 atom stereocenters. The summed E-state index contributed by atoms with van der Waals surface area (Å²) in [7, 11) is -5.82. The van der Waals surface area contributed by atoms with Gasteiger partial charge in [-0.05, 0) is 42.0 Å². The molecule has 0 unspecified atom stereocenters. The molecule has 3 aromatic carbocycles. The fourth-order valence-corrected chi connectivity index (χ4v) is 4.58. The van der Waals surface area contributed by atoms with Crippen molar-refractivity contribution in [3.63, 3.8) is 0 Å². The zero-order valence-electron chi connectivity index (χ0n) is 15.9. The Morgan fingerprint density at radius 2 is 1.31 bits per heavy atom. The van der Waals surface area contributed by atoms with Gasteiger partial charge in [0.1, 0.15) is 6.61 Å². The highest BCUT2D eigenvalue weighted by molar-refractivity contribution is 7.91. The maximum atomic E-state index is 12.9. The van der Waals surface area contributed by atoms with Gasteiger partial charge < -0.3 is 9.47 Å². The lowest BCUT2D eigenvalue weighted by Gasteiger charge is -2.13. The van der Waals surface area contributed by atoms with Gasteiger partial charge in [-0.3, -0.25) is 0 Å². The third-order valence-corrected chi connectivity index (χ3v) is 7.14. The van der Waals surface area contributed by atoms with E-state index in [2.05, 4.69) is 0 Å². The van der Waals surface area contributed by atoms with Gasteiger partial charge in [-0.15, -0.1) is 0 Å². The van der Waals surface area contributed by atoms with Crippen LogP contribution in [0.2, 0.25) is 0 Å². The summed E-state index contributed by atoms with van der Waals surface area (Å²) < 4.78 is 60.0. The Labute approximate surface area is 170 Å². The minimum atomic E-state index is -3.85. The van der Waals surface area contributed by atoms with Crippen LogP contribution in [-0.2, 0) is 26.3 Å². The van der Waals surface area contributed by atoms with Crippen LogP contribution in [-0.4, -0.2) is 30.2 Å². The van der Waals surface area contributed by atoms with E-state index in [1.807, 2.05) is 30.3 Å². The number of rotatable bonds is 7. The second-order valence-corrected chi connectivity index (χ2v) is 10.3. The molecule has 0 amide bonds. The average Bonchev–Trinajstić information content (AvgIpc) is 2.72. The predicted molar refractivity (Wildman–Crippen MR) is 109 cm³/mol. The van der Waals surface area contributed by atoms with Crippen LogP contribution in [0.25, 0.3) is 0 Å². The molecule has 0 N–H and O–H groups in total. The van der Waals surface area contributed by atoms with Gasteiger partial charge >= 0.3 is 0 Å². The van der Waals surface area contributed by atoms with Crippen molar-refractivity contribution in [1.29, 1.82) is 0 Å². The second kappa shape index (κ2) is 8.26. The molecule has 3 aromatic rings. The van der Waals surface area contributed by atoms with Crippen molar-refractivity contribution in [3.8, 4) is 11.5 Å². The molecule has 3 rings (SSSR count). The molecular weight excluding hydrogens is 412 g/mol. The summed E-state index contributed by atoms with van der Waals surface area (Å²) in [5, 5.41) is 0. The first-order chi connectivity index (χ1) is 13.7. The zero-order chi connectivity index (χ0) is 21.1. The SMILES string of the molecule is COc1cc(S(=O)(=O)c2ccc(S(C)(=O)=O)cc2)ccc1OCc1ccccc1. The average molecular weight is 433 g/mol. The first kappa shape index (κ1) is 20.9. The molecule has 152 valence electrons. The van der Waals surface area contributed by atoms with Crippen LogP contribution in [0.4, 0.5) is 0 Å². The van der Waals surface area contributed by atoms with Crippen molar-refractivity contribution in [1.82, 2.24) is 0 Å². The van der Waals surface area contributed by atoms with E-state index < -0.39 is 19.7 Å². The normalized spacial score (nSPS) is 11.8. The van der Waals surface area contributed by atoms with Crippen LogP contribution in [0, 0.1) is 0 Å². The summed E-state index contributed by atoms with van der Waals surface area (Å²) >= 11 is 0. The number of methoxy groups -OCH3 is 1. The third kappa shape index (κ3) is 4.78. The van der Waals surface area contributed by atoms with Gasteiger partial charge in [0.25, 0.3) is 0 Å². The molecule has 0 radical (unpaired) electrons. The maximum Gasteiger partial charge on any atom is 0.206 e. The number of benzene rings is 3. The van der Waals surface area contributed by atoms with E-state index in [9.17, 15) is 16.8 Å². The zero-order valence-corrected chi connectivity index (χ0v) is 17.5. The van der Waals surface area contributed by atoms with Crippen molar-refractivity contribution in [2.24, 2.45) is 0 Å². The van der Waals surface area contributed by atoms with Crippen molar-refractivity contribution < 1.29 is 26.3 Å². The lowest BCUT2D eigenvalue weighted by Crippen LogP contribution is -2.05. The van der Waals surface area contributed by atoms with Gasteiger partial charge in [0.05, 0.1) is 21.8 Å². The first-order valence-corrected chi connectivity index (χ1v) is 12.0. The maximum absolute atomic E-state index is 12.9. The van der Waals surface area contributed by atoms with Crippen LogP contribution in [0.3, 0.4) is 0 Å². The molecule has 0 heterocycles. The molecule has 8 heteroatoms. The summed E-state index contributed by atoms with van der Waals surface area (Å²) in [5.74, 6) is 0.706. The molecule has 0 saturated carbocycles. The Morgan fingerprint density at radius 1 is 0.724 bits per heavy atom. The molecule has 0 spiro atoms. The molecule has 0 aromatic heterocycles. The molecule has 0 aliphatic carbocycles. The van der Waals surface area contributed by atoms with Crippen LogP contribution < -0.4 is 9.47 Å². The largest absolute Gasteiger partial charge is 0.493 e. The quantitative estimate of drug-likeness (QED) is 0.568. The van der Waals surface area contributed by atoms with E-state index in [0.717, 1.165) is 11.8 Å². The number of hydrogen-bond acceptors (Lipinski definition) is 6. The van der Waals surface area contributed by atoms with Crippen LogP contribution in [0.5, 0.6) is 11.5 Å². The Bertz CT molecular complexity index is 1200. The van der Waals surface area contributed by atoms with Gasteiger partial charge in [0, 0.05) is 12.3 Å². The molecule has 0 aliphatic heterocycles. The van der Waals surface area contributed by atoms with Crippen LogP contribution >= 0.6 is 0 Å². The Balaban J connectivity index is 1.88. The van der Waals surface area contributed by atoms with Crippen molar-refractivity contribution in [3.05, 3.63) is 78.4 Å². The standard InChI is InChI=1S/C21H20O6S2/c1-26-21-14-19(12-13-20(21)27-15-16-6-4-3-5-7-16)29(24,25)18-10-8-17(9-11-18)28(2,22)23/h3-14H,15H2,1-2H3. The second-order valence-electron chi connectivity index (χ2n) is 6.33. The lowest BCUT2D eigenvalue weighted by molar-refractivity contribution is 0.284. The summed E-state index contributed by atoms with van der Waals surface area (Å²) in [6, 6.07) is 19.0. The molecule has 0 bridgehead atoms. The van der Waals surface area contributed by atoms with Gasteiger partial charge in [-0.2, -0.15) is 0 Å². The van der Waals surface area contributed by atoms with Crippen molar-refractivity contribution in [2.75, 3.05) is 13.4 Å². The van der Waals surface area contributed by atoms with E-state index in [1.54, 1.807) is 6.07 Å². The highest BCUT2D eigenvalue weighted by atomic mass is 32.2. The van der Waals surface area contributed by atoms with Gasteiger partial charge in [0.15, 0.2) is 21.3 Å². The number of ether oxygens (including phenoxy) is 2. The lowest BCUT2D eigenvalue weighted by atomic mass is 10.2. The highest BCUT2D eigenvalue weighted by Crippen LogP contribution is 2.33. The predicted octanol–water partition coefficient (Wildman–Crippen LogP) is 3.51. The van der Waals surface area contributed by atoms with E-state index in [0.29, 0.717) is 12.4 Å². The number of hydrogen-bond donors (Lipinski definition) is 0. The van der Waals surface area contributed by atoms with Gasteiger partial charge in [0.2, 0.25) is 9.84 Å². The first-order valence-electron chi connectivity index (χ1n) is 8.62. The highest BCUT2D eigenvalue weighted by Gasteiger charge is 2.21. The summed E-state index contributed by atoms with van der Waals surface area (Å²) in [6.07, 6.45) is 1.07.